The minimum Gasteiger partial charge on any atom is -0.466 e. The highest BCUT2D eigenvalue weighted by Gasteiger charge is 2.70. The third kappa shape index (κ3) is 2.56. The van der Waals surface area contributed by atoms with Crippen molar-refractivity contribution < 1.29 is 14.0 Å². The summed E-state index contributed by atoms with van der Waals surface area (Å²) in [6.45, 7) is 11.3. The molecule has 0 aromatic rings. The fourth-order valence-electron chi connectivity index (χ4n) is 5.83. The Balaban J connectivity index is 1.87. The van der Waals surface area contributed by atoms with Gasteiger partial charge in [-0.1, -0.05) is 19.3 Å². The zero-order chi connectivity index (χ0) is 16.1. The third-order valence-electron chi connectivity index (χ3n) is 6.29. The van der Waals surface area contributed by atoms with Crippen LogP contribution in [0.25, 0.3) is 0 Å². The average Bonchev–Trinajstić information content (AvgIpc) is 2.74. The lowest BCUT2D eigenvalue weighted by molar-refractivity contribution is -0.201. The summed E-state index contributed by atoms with van der Waals surface area (Å²) in [5.41, 5.74) is -0.279. The summed E-state index contributed by atoms with van der Waals surface area (Å²) < 4.78 is 12.0. The first-order valence-corrected chi connectivity index (χ1v) is 12.6. The van der Waals surface area contributed by atoms with Crippen molar-refractivity contribution in [2.75, 3.05) is 6.61 Å². The van der Waals surface area contributed by atoms with Crippen molar-refractivity contribution in [3.05, 3.63) is 0 Å². The third-order valence-corrected chi connectivity index (χ3v) is 7.34. The van der Waals surface area contributed by atoms with Crippen molar-refractivity contribution in [2.45, 2.75) is 71.2 Å². The van der Waals surface area contributed by atoms with Crippen LogP contribution in [-0.2, 0) is 14.0 Å². The Hall–Kier alpha value is -0.353. The molecule has 0 radical (unpaired) electrons. The number of carbonyl (C=O) groups is 1. The number of carbonyl (C=O) groups excluding carboxylic acids is 1. The summed E-state index contributed by atoms with van der Waals surface area (Å²) in [4.78, 5) is 12.7. The molecule has 0 unspecified atom stereocenters. The van der Waals surface area contributed by atoms with Gasteiger partial charge in [0.05, 0.1) is 18.1 Å². The van der Waals surface area contributed by atoms with Crippen LogP contribution in [0.15, 0.2) is 0 Å². The summed E-state index contributed by atoms with van der Waals surface area (Å²) in [5.74, 6) is 2.62. The summed E-state index contributed by atoms with van der Waals surface area (Å²) in [6, 6.07) is 0. The molecule has 3 aliphatic carbocycles. The molecule has 0 bridgehead atoms. The largest absolute Gasteiger partial charge is 0.466 e. The number of esters is 1. The van der Waals surface area contributed by atoms with Crippen LogP contribution in [0, 0.1) is 29.6 Å². The minimum atomic E-state index is -1.69. The fourth-order valence-corrected chi connectivity index (χ4v) is 7.43. The normalized spacial score (nSPS) is 44.0. The number of fused-ring (bicyclic) bond motifs is 3. The number of hydrogen-bond acceptors (Lipinski definition) is 3. The number of ether oxygens (including phenoxy) is 1. The van der Waals surface area contributed by atoms with Gasteiger partial charge in [-0.15, -0.1) is 0 Å². The van der Waals surface area contributed by atoms with Crippen molar-refractivity contribution in [1.82, 2.24) is 0 Å². The van der Waals surface area contributed by atoms with E-state index in [9.17, 15) is 4.79 Å². The van der Waals surface area contributed by atoms with E-state index in [0.717, 1.165) is 11.8 Å². The molecule has 0 aromatic carbocycles. The molecule has 6 atom stereocenters. The zero-order valence-electron chi connectivity index (χ0n) is 14.9. The molecule has 3 rings (SSSR count). The highest BCUT2D eigenvalue weighted by molar-refractivity contribution is 6.69. The minimum absolute atomic E-state index is 0.00396. The lowest BCUT2D eigenvalue weighted by atomic mass is 9.53. The maximum atomic E-state index is 12.7. The van der Waals surface area contributed by atoms with E-state index in [1.54, 1.807) is 0 Å². The highest BCUT2D eigenvalue weighted by atomic mass is 28.4. The maximum Gasteiger partial charge on any atom is 0.312 e. The van der Waals surface area contributed by atoms with Gasteiger partial charge in [-0.2, -0.15) is 0 Å². The molecule has 0 aromatic heterocycles. The van der Waals surface area contributed by atoms with E-state index in [1.165, 1.54) is 32.1 Å². The molecule has 0 aliphatic heterocycles. The molecular formula is C18H32O3Si. The lowest BCUT2D eigenvalue weighted by Gasteiger charge is -2.59. The van der Waals surface area contributed by atoms with Crippen molar-refractivity contribution in [3.8, 4) is 0 Å². The maximum absolute atomic E-state index is 12.7. The molecule has 0 N–H and O–H groups in total. The van der Waals surface area contributed by atoms with Gasteiger partial charge in [-0.25, -0.2) is 0 Å². The van der Waals surface area contributed by atoms with Crippen LogP contribution in [0.4, 0.5) is 0 Å². The first-order chi connectivity index (χ1) is 10.3. The van der Waals surface area contributed by atoms with Gasteiger partial charge in [0.1, 0.15) is 0 Å². The van der Waals surface area contributed by atoms with E-state index < -0.39 is 8.32 Å². The quantitative estimate of drug-likeness (QED) is 0.573. The monoisotopic (exact) mass is 324 g/mol. The van der Waals surface area contributed by atoms with Crippen molar-refractivity contribution in [1.29, 1.82) is 0 Å². The molecule has 3 saturated carbocycles. The lowest BCUT2D eigenvalue weighted by Crippen LogP contribution is -2.67. The van der Waals surface area contributed by atoms with Gasteiger partial charge < -0.3 is 9.16 Å². The first-order valence-electron chi connectivity index (χ1n) is 9.14. The van der Waals surface area contributed by atoms with Crippen LogP contribution < -0.4 is 0 Å². The Morgan fingerprint density at radius 3 is 2.55 bits per heavy atom. The molecule has 0 spiro atoms. The van der Waals surface area contributed by atoms with Crippen LogP contribution in [0.5, 0.6) is 0 Å². The average molecular weight is 325 g/mol. The number of rotatable bonds is 4. The van der Waals surface area contributed by atoms with Crippen molar-refractivity contribution in [3.63, 3.8) is 0 Å². The molecule has 0 amide bonds. The van der Waals surface area contributed by atoms with Crippen LogP contribution in [-0.4, -0.2) is 26.5 Å². The van der Waals surface area contributed by atoms with Crippen LogP contribution >= 0.6 is 0 Å². The molecular weight excluding hydrogens is 292 g/mol. The molecule has 22 heavy (non-hydrogen) atoms. The SMILES string of the molecule is CCOC(=O)[C@H]1[C@@H]2[C@H]3CCCC[C@@H]3C[C@@H]2[C@]1(C)O[Si](C)(C)C. The smallest absolute Gasteiger partial charge is 0.312 e. The van der Waals surface area contributed by atoms with E-state index in [-0.39, 0.29) is 17.5 Å². The van der Waals surface area contributed by atoms with Gasteiger partial charge in [0.25, 0.3) is 0 Å². The van der Waals surface area contributed by atoms with Crippen LogP contribution in [0.1, 0.15) is 46.0 Å². The Morgan fingerprint density at radius 2 is 1.91 bits per heavy atom. The highest BCUT2D eigenvalue weighted by Crippen LogP contribution is 2.66. The number of hydrogen-bond donors (Lipinski definition) is 0. The Morgan fingerprint density at radius 1 is 1.23 bits per heavy atom. The van der Waals surface area contributed by atoms with E-state index in [1.807, 2.05) is 6.92 Å². The Bertz CT molecular complexity index is 444. The Labute approximate surface area is 136 Å². The summed E-state index contributed by atoms with van der Waals surface area (Å²) >= 11 is 0. The van der Waals surface area contributed by atoms with E-state index in [0.29, 0.717) is 18.4 Å². The predicted molar refractivity (Wildman–Crippen MR) is 90.0 cm³/mol. The van der Waals surface area contributed by atoms with Crippen molar-refractivity contribution >= 4 is 14.3 Å². The topological polar surface area (TPSA) is 35.5 Å². The Kier molecular flexibility index (Phi) is 4.22. The van der Waals surface area contributed by atoms with Gasteiger partial charge in [-0.3, -0.25) is 4.79 Å². The second kappa shape index (κ2) is 5.62. The van der Waals surface area contributed by atoms with Crippen LogP contribution in [0.3, 0.4) is 0 Å². The second-order valence-corrected chi connectivity index (χ2v) is 13.2. The molecule has 4 heteroatoms. The fraction of sp³-hybridized carbons (Fsp3) is 0.944. The van der Waals surface area contributed by atoms with Gasteiger partial charge >= 0.3 is 5.97 Å². The van der Waals surface area contributed by atoms with E-state index >= 15 is 0 Å². The van der Waals surface area contributed by atoms with Gasteiger partial charge in [0.2, 0.25) is 0 Å². The van der Waals surface area contributed by atoms with E-state index in [2.05, 4.69) is 26.6 Å². The predicted octanol–water partition coefficient (Wildman–Crippen LogP) is 4.23. The standard InChI is InChI=1S/C18H32O3Si/c1-6-20-17(19)16-15-13-10-8-7-9-12(13)11-14(15)18(16,2)21-22(3,4)5/h12-16H,6-11H2,1-5H3/t12-,13+,14+,15-,16-,18+/m1/s1. The molecule has 0 heterocycles. The molecule has 126 valence electrons. The summed E-state index contributed by atoms with van der Waals surface area (Å²) in [6.07, 6.45) is 6.65. The second-order valence-electron chi connectivity index (χ2n) is 8.76. The molecule has 3 nitrogen and oxygen atoms in total. The van der Waals surface area contributed by atoms with Crippen LogP contribution in [0.2, 0.25) is 19.6 Å². The molecule has 3 aliphatic rings. The van der Waals surface area contributed by atoms with Crippen molar-refractivity contribution in [2.24, 2.45) is 29.6 Å². The van der Waals surface area contributed by atoms with Gasteiger partial charge in [0.15, 0.2) is 8.32 Å². The molecule has 0 saturated heterocycles. The first kappa shape index (κ1) is 16.5. The van der Waals surface area contributed by atoms with E-state index in [4.69, 9.17) is 9.16 Å². The van der Waals surface area contributed by atoms with Gasteiger partial charge in [0, 0.05) is 0 Å². The summed E-state index contributed by atoms with van der Waals surface area (Å²) in [5, 5.41) is 0. The molecule has 3 fully saturated rings. The zero-order valence-corrected chi connectivity index (χ0v) is 15.9. The van der Waals surface area contributed by atoms with Gasteiger partial charge in [-0.05, 0) is 70.0 Å². The summed E-state index contributed by atoms with van der Waals surface area (Å²) in [7, 11) is -1.69.